The first kappa shape index (κ1) is 12.9. The summed E-state index contributed by atoms with van der Waals surface area (Å²) in [7, 11) is 1.76. The zero-order valence-corrected chi connectivity index (χ0v) is 11.2. The van der Waals surface area contributed by atoms with E-state index in [0.29, 0.717) is 11.4 Å². The third-order valence-corrected chi connectivity index (χ3v) is 3.48. The maximum Gasteiger partial charge on any atom is 0.271 e. The van der Waals surface area contributed by atoms with Crippen LogP contribution in [0.2, 0.25) is 0 Å². The fraction of sp³-hybridized carbons (Fsp3) is 0.692. The minimum Gasteiger partial charge on any atom is -0.395 e. The van der Waals surface area contributed by atoms with Crippen LogP contribution in [-0.2, 0) is 13.5 Å². The number of nitrogens with one attached hydrogen (secondary N) is 1. The number of nitrogens with two attached hydrogens (primary N) is 1. The number of carbonyl (C=O) groups is 1. The van der Waals surface area contributed by atoms with E-state index in [9.17, 15) is 4.79 Å². The van der Waals surface area contributed by atoms with E-state index in [0.717, 1.165) is 31.0 Å². The number of hydrogen-bond acceptors (Lipinski definition) is 3. The molecule has 3 N–H and O–H groups in total. The summed E-state index contributed by atoms with van der Waals surface area (Å²) in [6.07, 6.45) is 5.75. The lowest BCUT2D eigenvalue weighted by molar-refractivity contribution is 0.0944. The fourth-order valence-electron chi connectivity index (χ4n) is 2.21. The molecule has 0 aromatic carbocycles. The number of amides is 1. The van der Waals surface area contributed by atoms with Gasteiger partial charge in [-0.2, -0.15) is 5.10 Å². The minimum atomic E-state index is -0.113. The van der Waals surface area contributed by atoms with E-state index in [1.165, 1.54) is 19.3 Å². The molecule has 1 fully saturated rings. The molecular formula is C13H22N4O. The topological polar surface area (TPSA) is 72.9 Å². The smallest absolute Gasteiger partial charge is 0.271 e. The summed E-state index contributed by atoms with van der Waals surface area (Å²) in [5.41, 5.74) is 7.72. The molecule has 0 aliphatic heterocycles. The summed E-state index contributed by atoms with van der Waals surface area (Å²) in [5.74, 6) is 0.799. The Labute approximate surface area is 108 Å². The molecule has 1 aromatic rings. The van der Waals surface area contributed by atoms with Gasteiger partial charge < -0.3 is 11.1 Å². The Kier molecular flexibility index (Phi) is 3.89. The van der Waals surface area contributed by atoms with Crippen LogP contribution in [0.15, 0.2) is 0 Å². The Morgan fingerprint density at radius 3 is 2.83 bits per heavy atom. The average molecular weight is 250 g/mol. The molecule has 100 valence electrons. The Morgan fingerprint density at radius 2 is 2.28 bits per heavy atom. The van der Waals surface area contributed by atoms with Crippen molar-refractivity contribution in [3.63, 3.8) is 0 Å². The molecule has 0 bridgehead atoms. The lowest BCUT2D eigenvalue weighted by atomic mass is 10.2. The highest BCUT2D eigenvalue weighted by Gasteiger charge is 2.21. The molecular weight excluding hydrogens is 228 g/mol. The van der Waals surface area contributed by atoms with Crippen LogP contribution in [0.1, 0.15) is 48.8 Å². The lowest BCUT2D eigenvalue weighted by Gasteiger charge is -2.06. The quantitative estimate of drug-likeness (QED) is 0.751. The van der Waals surface area contributed by atoms with Crippen LogP contribution in [-0.4, -0.2) is 22.2 Å². The summed E-state index contributed by atoms with van der Waals surface area (Å²) in [5, 5.41) is 7.17. The summed E-state index contributed by atoms with van der Waals surface area (Å²) in [6, 6.07) is 0. The molecule has 1 heterocycles. The van der Waals surface area contributed by atoms with E-state index in [1.807, 2.05) is 6.92 Å². The van der Waals surface area contributed by atoms with Crippen LogP contribution < -0.4 is 11.1 Å². The lowest BCUT2D eigenvalue weighted by Crippen LogP contribution is -2.27. The SMILES string of the molecule is CCc1nn(C)c(C(=O)NCCCC2CC2)c1N. The zero-order valence-electron chi connectivity index (χ0n) is 11.2. The highest BCUT2D eigenvalue weighted by Crippen LogP contribution is 2.33. The molecule has 1 aliphatic rings. The minimum absolute atomic E-state index is 0.113. The number of aryl methyl sites for hydroxylation is 2. The van der Waals surface area contributed by atoms with Crippen LogP contribution in [0.4, 0.5) is 5.69 Å². The van der Waals surface area contributed by atoms with Crippen molar-refractivity contribution in [1.29, 1.82) is 0 Å². The molecule has 5 heteroatoms. The van der Waals surface area contributed by atoms with E-state index in [-0.39, 0.29) is 5.91 Å². The van der Waals surface area contributed by atoms with Crippen molar-refractivity contribution in [1.82, 2.24) is 15.1 Å². The molecule has 0 spiro atoms. The van der Waals surface area contributed by atoms with E-state index < -0.39 is 0 Å². The summed E-state index contributed by atoms with van der Waals surface area (Å²) >= 11 is 0. The molecule has 1 amide bonds. The van der Waals surface area contributed by atoms with E-state index in [4.69, 9.17) is 5.73 Å². The Hall–Kier alpha value is -1.52. The molecule has 18 heavy (non-hydrogen) atoms. The van der Waals surface area contributed by atoms with Crippen molar-refractivity contribution >= 4 is 11.6 Å². The molecule has 1 aliphatic carbocycles. The molecule has 5 nitrogen and oxygen atoms in total. The van der Waals surface area contributed by atoms with Crippen molar-refractivity contribution in [2.24, 2.45) is 13.0 Å². The largest absolute Gasteiger partial charge is 0.395 e. The van der Waals surface area contributed by atoms with Gasteiger partial charge >= 0.3 is 0 Å². The molecule has 0 unspecified atom stereocenters. The molecule has 2 rings (SSSR count). The van der Waals surface area contributed by atoms with Gasteiger partial charge in [-0.25, -0.2) is 0 Å². The van der Waals surface area contributed by atoms with Crippen molar-refractivity contribution in [2.45, 2.75) is 39.0 Å². The van der Waals surface area contributed by atoms with Gasteiger partial charge in [0.2, 0.25) is 0 Å². The van der Waals surface area contributed by atoms with Crippen LogP contribution in [0, 0.1) is 5.92 Å². The standard InChI is InChI=1S/C13H22N4O/c1-3-10-11(14)12(17(2)16-10)13(18)15-8-4-5-9-6-7-9/h9H,3-8,14H2,1-2H3,(H,15,18). The van der Waals surface area contributed by atoms with Gasteiger partial charge in [0.25, 0.3) is 5.91 Å². The maximum absolute atomic E-state index is 12.0. The second-order valence-electron chi connectivity index (χ2n) is 5.03. The highest BCUT2D eigenvalue weighted by molar-refractivity contribution is 5.97. The van der Waals surface area contributed by atoms with E-state index in [1.54, 1.807) is 11.7 Å². The van der Waals surface area contributed by atoms with Crippen molar-refractivity contribution in [2.75, 3.05) is 12.3 Å². The summed E-state index contributed by atoms with van der Waals surface area (Å²) in [6.45, 7) is 2.71. The van der Waals surface area contributed by atoms with Gasteiger partial charge in [-0.3, -0.25) is 9.48 Å². The predicted molar refractivity (Wildman–Crippen MR) is 71.3 cm³/mol. The van der Waals surface area contributed by atoms with Crippen molar-refractivity contribution in [3.05, 3.63) is 11.4 Å². The number of anilines is 1. The summed E-state index contributed by atoms with van der Waals surface area (Å²) < 4.78 is 1.57. The number of rotatable bonds is 6. The molecule has 0 atom stereocenters. The van der Waals surface area contributed by atoms with Crippen LogP contribution in [0.3, 0.4) is 0 Å². The van der Waals surface area contributed by atoms with Crippen molar-refractivity contribution in [3.8, 4) is 0 Å². The van der Waals surface area contributed by atoms with Gasteiger partial charge in [0.1, 0.15) is 5.69 Å². The monoisotopic (exact) mass is 250 g/mol. The number of nitrogens with zero attached hydrogens (tertiary/aromatic N) is 2. The molecule has 1 saturated carbocycles. The fourth-order valence-corrected chi connectivity index (χ4v) is 2.21. The predicted octanol–water partition coefficient (Wildman–Crippen LogP) is 1.48. The highest BCUT2D eigenvalue weighted by atomic mass is 16.2. The van der Waals surface area contributed by atoms with Gasteiger partial charge in [0.05, 0.1) is 11.4 Å². The molecule has 0 radical (unpaired) electrons. The second-order valence-corrected chi connectivity index (χ2v) is 5.03. The van der Waals surface area contributed by atoms with Crippen LogP contribution >= 0.6 is 0 Å². The third kappa shape index (κ3) is 2.83. The van der Waals surface area contributed by atoms with Gasteiger partial charge in [-0.1, -0.05) is 19.8 Å². The average Bonchev–Trinajstić information content (AvgIpc) is 3.11. The van der Waals surface area contributed by atoms with Crippen LogP contribution in [0.5, 0.6) is 0 Å². The number of aromatic nitrogens is 2. The number of carbonyl (C=O) groups excluding carboxylic acids is 1. The Balaban J connectivity index is 1.88. The normalized spacial score (nSPS) is 14.8. The Bertz CT molecular complexity index is 434. The molecule has 1 aromatic heterocycles. The van der Waals surface area contributed by atoms with Gasteiger partial charge in [-0.15, -0.1) is 0 Å². The third-order valence-electron chi connectivity index (χ3n) is 3.48. The summed E-state index contributed by atoms with van der Waals surface area (Å²) in [4.78, 5) is 12.0. The first-order chi connectivity index (χ1) is 8.63. The second kappa shape index (κ2) is 5.42. The van der Waals surface area contributed by atoms with Crippen LogP contribution in [0.25, 0.3) is 0 Å². The molecule has 0 saturated heterocycles. The van der Waals surface area contributed by atoms with Gasteiger partial charge in [0, 0.05) is 13.6 Å². The maximum atomic E-state index is 12.0. The van der Waals surface area contributed by atoms with E-state index in [2.05, 4.69) is 10.4 Å². The van der Waals surface area contributed by atoms with Gasteiger partial charge in [0.15, 0.2) is 0 Å². The van der Waals surface area contributed by atoms with E-state index >= 15 is 0 Å². The number of nitrogen functional groups attached to an aromatic ring is 1. The first-order valence-electron chi connectivity index (χ1n) is 6.73. The first-order valence-corrected chi connectivity index (χ1v) is 6.73. The zero-order chi connectivity index (χ0) is 13.1. The Morgan fingerprint density at radius 1 is 1.56 bits per heavy atom. The number of hydrogen-bond donors (Lipinski definition) is 2. The van der Waals surface area contributed by atoms with Crippen molar-refractivity contribution < 1.29 is 4.79 Å². The van der Waals surface area contributed by atoms with Gasteiger partial charge in [-0.05, 0) is 25.2 Å².